The number of hydrogen-bond donors (Lipinski definition) is 1. The van der Waals surface area contributed by atoms with E-state index in [2.05, 4.69) is 14.9 Å². The lowest BCUT2D eigenvalue weighted by Gasteiger charge is -2.48. The second-order valence-corrected chi connectivity index (χ2v) is 7.95. The Kier molecular flexibility index (Phi) is 4.07. The average Bonchev–Trinajstić information content (AvgIpc) is 3.37. The molecule has 1 aliphatic heterocycles. The fourth-order valence-electron chi connectivity index (χ4n) is 5.48. The van der Waals surface area contributed by atoms with E-state index in [0.29, 0.717) is 12.3 Å². The Labute approximate surface area is 143 Å². The molecule has 0 aromatic carbocycles. The van der Waals surface area contributed by atoms with Gasteiger partial charge in [-0.15, -0.1) is 0 Å². The molecule has 0 amide bonds. The maximum absolute atomic E-state index is 12.9. The number of nitrogens with zero attached hydrogens (tertiary/aromatic N) is 2. The monoisotopic (exact) mass is 329 g/mol. The number of carbonyl (C=O) groups is 2. The number of H-pyrrole nitrogens is 1. The molecule has 130 valence electrons. The summed E-state index contributed by atoms with van der Waals surface area (Å²) in [6, 6.07) is -0.239. The van der Waals surface area contributed by atoms with Crippen LogP contribution < -0.4 is 0 Å². The van der Waals surface area contributed by atoms with Crippen LogP contribution in [0.5, 0.6) is 0 Å². The van der Waals surface area contributed by atoms with Crippen molar-refractivity contribution in [2.75, 3.05) is 6.54 Å². The van der Waals surface area contributed by atoms with Gasteiger partial charge in [-0.3, -0.25) is 14.5 Å². The highest BCUT2D eigenvalue weighted by Gasteiger charge is 2.53. The van der Waals surface area contributed by atoms with Gasteiger partial charge >= 0.3 is 0 Å². The van der Waals surface area contributed by atoms with Crippen molar-refractivity contribution in [1.29, 1.82) is 0 Å². The number of fused-ring (bicyclic) bond motifs is 2. The van der Waals surface area contributed by atoms with Gasteiger partial charge in [0.25, 0.3) is 0 Å². The third-order valence-corrected chi connectivity index (χ3v) is 6.77. The molecular weight excluding hydrogens is 302 g/mol. The first-order chi connectivity index (χ1) is 11.6. The molecule has 4 rings (SSSR count). The van der Waals surface area contributed by atoms with E-state index in [0.717, 1.165) is 31.0 Å². The number of Topliss-reactive ketones (excluding diaryl/α,β-unsaturated/α-hetero) is 2. The van der Waals surface area contributed by atoms with Crippen molar-refractivity contribution >= 4 is 11.6 Å². The highest BCUT2D eigenvalue weighted by Crippen LogP contribution is 2.53. The maximum atomic E-state index is 12.9. The Morgan fingerprint density at radius 3 is 2.71 bits per heavy atom. The zero-order valence-electron chi connectivity index (χ0n) is 14.5. The van der Waals surface area contributed by atoms with E-state index >= 15 is 0 Å². The van der Waals surface area contributed by atoms with Crippen LogP contribution in [0.3, 0.4) is 0 Å². The molecule has 2 saturated carbocycles. The number of carbonyl (C=O) groups excluding carboxylic acids is 2. The van der Waals surface area contributed by atoms with Crippen molar-refractivity contribution in [3.05, 3.63) is 18.2 Å². The van der Waals surface area contributed by atoms with E-state index in [9.17, 15) is 9.59 Å². The normalized spacial score (nSPS) is 36.1. The number of piperidine rings is 1. The summed E-state index contributed by atoms with van der Waals surface area (Å²) in [6.07, 6.45) is 11.9. The lowest BCUT2D eigenvalue weighted by Crippen LogP contribution is -2.58. The smallest absolute Gasteiger partial charge is 0.215 e. The van der Waals surface area contributed by atoms with Gasteiger partial charge in [-0.2, -0.15) is 0 Å². The number of imidazole rings is 1. The molecular formula is C19H27N3O2. The van der Waals surface area contributed by atoms with E-state index in [1.54, 1.807) is 13.3 Å². The molecule has 0 spiro atoms. The molecule has 2 heterocycles. The molecule has 1 saturated heterocycles. The highest BCUT2D eigenvalue weighted by atomic mass is 16.2. The second kappa shape index (κ2) is 6.10. The SMILES string of the molecule is CCC(=O)C(=O)C1CC(c2cnc[nH]2)CCN1C12CCC(CC1)C2. The maximum Gasteiger partial charge on any atom is 0.215 e. The summed E-state index contributed by atoms with van der Waals surface area (Å²) >= 11 is 0. The average molecular weight is 329 g/mol. The minimum Gasteiger partial charge on any atom is -0.348 e. The van der Waals surface area contributed by atoms with E-state index < -0.39 is 0 Å². The number of aromatic amines is 1. The zero-order chi connectivity index (χ0) is 16.7. The van der Waals surface area contributed by atoms with E-state index in [1.807, 2.05) is 6.20 Å². The molecule has 0 radical (unpaired) electrons. The first kappa shape index (κ1) is 16.0. The van der Waals surface area contributed by atoms with E-state index in [-0.39, 0.29) is 23.1 Å². The van der Waals surface area contributed by atoms with Crippen molar-refractivity contribution in [2.45, 2.75) is 75.8 Å². The number of ketones is 2. The van der Waals surface area contributed by atoms with Crippen molar-refractivity contribution in [2.24, 2.45) is 5.92 Å². The van der Waals surface area contributed by atoms with Crippen LogP contribution in [0.15, 0.2) is 12.5 Å². The van der Waals surface area contributed by atoms with Gasteiger partial charge < -0.3 is 4.98 Å². The predicted molar refractivity (Wildman–Crippen MR) is 90.7 cm³/mol. The minimum atomic E-state index is -0.239. The summed E-state index contributed by atoms with van der Waals surface area (Å²) in [6.45, 7) is 2.71. The van der Waals surface area contributed by atoms with Crippen molar-refractivity contribution in [1.82, 2.24) is 14.9 Å². The summed E-state index contributed by atoms with van der Waals surface area (Å²) in [5.74, 6) is 0.774. The zero-order valence-corrected chi connectivity index (χ0v) is 14.5. The second-order valence-electron chi connectivity index (χ2n) is 7.95. The molecule has 24 heavy (non-hydrogen) atoms. The Balaban J connectivity index is 1.61. The molecule has 5 heteroatoms. The molecule has 1 N–H and O–H groups in total. The van der Waals surface area contributed by atoms with Crippen LogP contribution >= 0.6 is 0 Å². The topological polar surface area (TPSA) is 66.1 Å². The number of likely N-dealkylation sites (tertiary alicyclic amines) is 1. The summed E-state index contributed by atoms with van der Waals surface area (Å²) < 4.78 is 0. The fourth-order valence-corrected chi connectivity index (χ4v) is 5.48. The number of aromatic nitrogens is 2. The van der Waals surface area contributed by atoms with Gasteiger partial charge in [0.15, 0.2) is 5.78 Å². The van der Waals surface area contributed by atoms with Gasteiger partial charge in [0.2, 0.25) is 5.78 Å². The van der Waals surface area contributed by atoms with Crippen LogP contribution in [0.4, 0.5) is 0 Å². The molecule has 3 aliphatic rings. The minimum absolute atomic E-state index is 0.161. The quantitative estimate of drug-likeness (QED) is 0.844. The molecule has 1 aromatic rings. The van der Waals surface area contributed by atoms with Crippen LogP contribution in [-0.4, -0.2) is 44.6 Å². The Bertz CT molecular complexity index is 617. The summed E-state index contributed by atoms with van der Waals surface area (Å²) in [4.78, 5) is 34.8. The van der Waals surface area contributed by atoms with E-state index in [1.165, 1.54) is 32.1 Å². The lowest BCUT2D eigenvalue weighted by molar-refractivity contribution is -0.142. The fraction of sp³-hybridized carbons (Fsp3) is 0.737. The van der Waals surface area contributed by atoms with Gasteiger partial charge in [0, 0.05) is 36.3 Å². The van der Waals surface area contributed by atoms with Crippen molar-refractivity contribution in [3.63, 3.8) is 0 Å². The van der Waals surface area contributed by atoms with Gasteiger partial charge in [-0.05, 0) is 50.9 Å². The third-order valence-electron chi connectivity index (χ3n) is 6.77. The summed E-state index contributed by atoms with van der Waals surface area (Å²) in [5.41, 5.74) is 1.29. The van der Waals surface area contributed by atoms with Crippen LogP contribution in [0, 0.1) is 5.92 Å². The molecule has 3 fully saturated rings. The van der Waals surface area contributed by atoms with Gasteiger partial charge in [-0.1, -0.05) is 6.92 Å². The Morgan fingerprint density at radius 2 is 2.12 bits per heavy atom. The highest BCUT2D eigenvalue weighted by molar-refractivity contribution is 6.39. The summed E-state index contributed by atoms with van der Waals surface area (Å²) in [7, 11) is 0. The largest absolute Gasteiger partial charge is 0.348 e. The van der Waals surface area contributed by atoms with Gasteiger partial charge in [0.1, 0.15) is 0 Å². The molecule has 2 bridgehead atoms. The Morgan fingerprint density at radius 1 is 1.33 bits per heavy atom. The molecule has 2 unspecified atom stereocenters. The van der Waals surface area contributed by atoms with Crippen LogP contribution in [0.25, 0.3) is 0 Å². The number of nitrogens with one attached hydrogen (secondary N) is 1. The standard InChI is InChI=1S/C19H27N3O2/c1-2-17(23)18(24)16-9-14(15-11-20-12-21-15)5-8-22(16)19-6-3-13(10-19)4-7-19/h11-14,16H,2-10H2,1H3,(H,20,21). The molecule has 2 aliphatic carbocycles. The Hall–Kier alpha value is -1.49. The van der Waals surface area contributed by atoms with Crippen molar-refractivity contribution in [3.8, 4) is 0 Å². The van der Waals surface area contributed by atoms with Crippen LogP contribution in [0.1, 0.15) is 69.9 Å². The first-order valence-corrected chi connectivity index (χ1v) is 9.45. The number of rotatable bonds is 5. The first-order valence-electron chi connectivity index (χ1n) is 9.45. The lowest BCUT2D eigenvalue weighted by atomic mass is 9.80. The predicted octanol–water partition coefficient (Wildman–Crippen LogP) is 2.84. The third kappa shape index (κ3) is 2.53. The van der Waals surface area contributed by atoms with E-state index in [4.69, 9.17) is 0 Å². The van der Waals surface area contributed by atoms with Gasteiger partial charge in [-0.25, -0.2) is 4.98 Å². The van der Waals surface area contributed by atoms with Crippen LogP contribution in [0.2, 0.25) is 0 Å². The van der Waals surface area contributed by atoms with Gasteiger partial charge in [0.05, 0.1) is 12.4 Å². The molecule has 5 nitrogen and oxygen atoms in total. The van der Waals surface area contributed by atoms with Crippen molar-refractivity contribution < 1.29 is 9.59 Å². The van der Waals surface area contributed by atoms with Crippen LogP contribution in [-0.2, 0) is 9.59 Å². The molecule has 2 atom stereocenters. The number of hydrogen-bond acceptors (Lipinski definition) is 4. The summed E-state index contributed by atoms with van der Waals surface area (Å²) in [5, 5.41) is 0. The molecule has 1 aromatic heterocycles.